The van der Waals surface area contributed by atoms with E-state index in [1.54, 1.807) is 32.0 Å². The molecule has 0 radical (unpaired) electrons. The Labute approximate surface area is 118 Å². The Kier molecular flexibility index (Phi) is 6.41. The zero-order chi connectivity index (χ0) is 15.1. The highest BCUT2D eigenvalue weighted by atomic mass is 19.1. The van der Waals surface area contributed by atoms with Crippen LogP contribution in [0.15, 0.2) is 18.2 Å². The minimum Gasteiger partial charge on any atom is -0.389 e. The second-order valence-corrected chi connectivity index (χ2v) is 4.58. The molecule has 5 nitrogen and oxygen atoms in total. The van der Waals surface area contributed by atoms with E-state index in [0.717, 1.165) is 0 Å². The highest BCUT2D eigenvalue weighted by Crippen LogP contribution is 2.26. The fraction of sp³-hybridized carbons (Fsp3) is 0.500. The second-order valence-electron chi connectivity index (χ2n) is 4.58. The van der Waals surface area contributed by atoms with E-state index in [2.05, 4.69) is 5.32 Å². The zero-order valence-corrected chi connectivity index (χ0v) is 12.0. The van der Waals surface area contributed by atoms with Crippen LogP contribution in [0.2, 0.25) is 0 Å². The molecule has 1 atom stereocenters. The van der Waals surface area contributed by atoms with Gasteiger partial charge >= 0.3 is 0 Å². The number of carbonyl (C=O) groups excluding carboxylic acids is 1. The highest BCUT2D eigenvalue weighted by molar-refractivity contribution is 5.81. The Morgan fingerprint density at radius 1 is 1.55 bits per heavy atom. The first-order valence-corrected chi connectivity index (χ1v) is 6.40. The van der Waals surface area contributed by atoms with E-state index < -0.39 is 11.9 Å². The molecule has 112 valence electrons. The number of nitrogens with one attached hydrogen (secondary N) is 1. The van der Waals surface area contributed by atoms with Crippen LogP contribution in [0.5, 0.6) is 0 Å². The number of carbonyl (C=O) groups is 1. The van der Waals surface area contributed by atoms with Crippen molar-refractivity contribution in [3.05, 3.63) is 29.6 Å². The number of amides is 1. The molecule has 0 saturated heterocycles. The van der Waals surface area contributed by atoms with Crippen LogP contribution >= 0.6 is 0 Å². The predicted octanol–water partition coefficient (Wildman–Crippen LogP) is 1.08. The van der Waals surface area contributed by atoms with Gasteiger partial charge in [0, 0.05) is 32.0 Å². The van der Waals surface area contributed by atoms with Crippen LogP contribution in [0.4, 0.5) is 10.1 Å². The summed E-state index contributed by atoms with van der Waals surface area (Å²) < 4.78 is 18.1. The van der Waals surface area contributed by atoms with Gasteiger partial charge in [-0.15, -0.1) is 0 Å². The van der Waals surface area contributed by atoms with Crippen molar-refractivity contribution >= 4 is 11.6 Å². The number of nitrogens with zero attached hydrogens (tertiary/aromatic N) is 1. The number of likely N-dealkylation sites (N-methyl/N-ethyl adjacent to an activating group) is 1. The summed E-state index contributed by atoms with van der Waals surface area (Å²) in [5, 5.41) is 12.4. The average molecular weight is 284 g/mol. The topological polar surface area (TPSA) is 61.8 Å². The molecule has 0 bridgehead atoms. The van der Waals surface area contributed by atoms with Crippen molar-refractivity contribution < 1.29 is 19.0 Å². The first-order chi connectivity index (χ1) is 9.45. The molecule has 1 aromatic carbocycles. The summed E-state index contributed by atoms with van der Waals surface area (Å²) >= 11 is 0. The number of hydrogen-bond donors (Lipinski definition) is 2. The van der Waals surface area contributed by atoms with Crippen molar-refractivity contribution in [2.45, 2.75) is 13.0 Å². The van der Waals surface area contributed by atoms with E-state index in [-0.39, 0.29) is 12.5 Å². The lowest BCUT2D eigenvalue weighted by atomic mass is 10.1. The number of rotatable bonds is 7. The lowest BCUT2D eigenvalue weighted by Gasteiger charge is -2.23. The minimum atomic E-state index is -0.806. The molecule has 6 heteroatoms. The van der Waals surface area contributed by atoms with Gasteiger partial charge in [0.2, 0.25) is 5.91 Å². The monoisotopic (exact) mass is 284 g/mol. The van der Waals surface area contributed by atoms with E-state index in [9.17, 15) is 14.3 Å². The molecule has 1 rings (SSSR count). The van der Waals surface area contributed by atoms with Crippen molar-refractivity contribution in [3.8, 4) is 0 Å². The fourth-order valence-corrected chi connectivity index (χ4v) is 1.86. The van der Waals surface area contributed by atoms with Gasteiger partial charge in [-0.1, -0.05) is 0 Å². The number of ether oxygens (including phenoxy) is 1. The molecule has 0 spiro atoms. The Morgan fingerprint density at radius 3 is 2.85 bits per heavy atom. The van der Waals surface area contributed by atoms with Crippen LogP contribution in [0.25, 0.3) is 0 Å². The molecule has 0 aliphatic heterocycles. The quantitative estimate of drug-likeness (QED) is 0.736. The molecule has 0 aromatic heterocycles. The van der Waals surface area contributed by atoms with Crippen molar-refractivity contribution in [3.63, 3.8) is 0 Å². The van der Waals surface area contributed by atoms with Gasteiger partial charge in [0.1, 0.15) is 5.82 Å². The van der Waals surface area contributed by atoms with Crippen molar-refractivity contribution in [2.75, 3.05) is 38.8 Å². The predicted molar refractivity (Wildman–Crippen MR) is 75.2 cm³/mol. The van der Waals surface area contributed by atoms with E-state index >= 15 is 0 Å². The van der Waals surface area contributed by atoms with Gasteiger partial charge in [-0.05, 0) is 25.1 Å². The number of halogens is 1. The molecule has 0 aliphatic carbocycles. The average Bonchev–Trinajstić information content (AvgIpc) is 2.38. The molecular weight excluding hydrogens is 263 g/mol. The number of anilines is 1. The van der Waals surface area contributed by atoms with Gasteiger partial charge in [-0.2, -0.15) is 0 Å². The number of methoxy groups -OCH3 is 1. The molecule has 0 fully saturated rings. The molecule has 0 unspecified atom stereocenters. The summed E-state index contributed by atoms with van der Waals surface area (Å²) in [4.78, 5) is 13.4. The third kappa shape index (κ3) is 4.79. The van der Waals surface area contributed by atoms with Crippen molar-refractivity contribution in [2.24, 2.45) is 0 Å². The minimum absolute atomic E-state index is 0.120. The van der Waals surface area contributed by atoms with Crippen molar-refractivity contribution in [1.29, 1.82) is 0 Å². The number of benzene rings is 1. The summed E-state index contributed by atoms with van der Waals surface area (Å²) in [6, 6.07) is 4.14. The first-order valence-electron chi connectivity index (χ1n) is 6.40. The van der Waals surface area contributed by atoms with Gasteiger partial charge in [0.15, 0.2) is 0 Å². The van der Waals surface area contributed by atoms with Crippen LogP contribution in [0.3, 0.4) is 0 Å². The fourth-order valence-electron chi connectivity index (χ4n) is 1.86. The summed E-state index contributed by atoms with van der Waals surface area (Å²) in [7, 11) is 3.28. The maximum Gasteiger partial charge on any atom is 0.239 e. The Balaban J connectivity index is 2.72. The second kappa shape index (κ2) is 7.81. The van der Waals surface area contributed by atoms with Crippen LogP contribution in [-0.2, 0) is 9.53 Å². The normalized spacial score (nSPS) is 12.1. The maximum absolute atomic E-state index is 13.2. The molecule has 1 amide bonds. The summed E-state index contributed by atoms with van der Waals surface area (Å²) in [5.41, 5.74) is 1.08. The third-order valence-corrected chi connectivity index (χ3v) is 2.86. The molecule has 0 aliphatic rings. The Bertz CT molecular complexity index is 452. The van der Waals surface area contributed by atoms with Gasteiger partial charge in [0.25, 0.3) is 0 Å². The van der Waals surface area contributed by atoms with Crippen LogP contribution in [0, 0.1) is 5.82 Å². The number of aliphatic hydroxyl groups excluding tert-OH is 1. The van der Waals surface area contributed by atoms with E-state index in [4.69, 9.17) is 4.74 Å². The summed E-state index contributed by atoms with van der Waals surface area (Å²) in [6.45, 7) is 2.57. The number of hydrogen-bond acceptors (Lipinski definition) is 4. The van der Waals surface area contributed by atoms with E-state index in [1.807, 2.05) is 0 Å². The Morgan fingerprint density at radius 2 is 2.25 bits per heavy atom. The lowest BCUT2D eigenvalue weighted by Crippen LogP contribution is -2.37. The van der Waals surface area contributed by atoms with Gasteiger partial charge in [0.05, 0.1) is 19.3 Å². The molecule has 0 saturated carbocycles. The van der Waals surface area contributed by atoms with Gasteiger partial charge < -0.3 is 20.1 Å². The van der Waals surface area contributed by atoms with E-state index in [0.29, 0.717) is 24.4 Å². The standard InChI is InChI=1S/C14H21FN2O3/c1-10(18)12-8-11(15)4-5-13(12)17(2)9-14(19)16-6-7-20-3/h4-5,8,10,18H,6-7,9H2,1-3H3,(H,16,19)/t10-/m0/s1. The molecular formula is C14H21FN2O3. The molecule has 0 heterocycles. The van der Waals surface area contributed by atoms with Crippen LogP contribution in [0.1, 0.15) is 18.6 Å². The van der Waals surface area contributed by atoms with Crippen LogP contribution < -0.4 is 10.2 Å². The van der Waals surface area contributed by atoms with E-state index in [1.165, 1.54) is 12.1 Å². The molecule has 20 heavy (non-hydrogen) atoms. The van der Waals surface area contributed by atoms with Gasteiger partial charge in [-0.25, -0.2) is 4.39 Å². The third-order valence-electron chi connectivity index (χ3n) is 2.86. The smallest absolute Gasteiger partial charge is 0.239 e. The first kappa shape index (κ1) is 16.4. The maximum atomic E-state index is 13.2. The Hall–Kier alpha value is -1.66. The largest absolute Gasteiger partial charge is 0.389 e. The van der Waals surface area contributed by atoms with Crippen LogP contribution in [-0.4, -0.2) is 44.9 Å². The SMILES string of the molecule is COCCNC(=O)CN(C)c1ccc(F)cc1[C@H](C)O. The molecule has 1 aromatic rings. The number of aliphatic hydroxyl groups is 1. The highest BCUT2D eigenvalue weighted by Gasteiger charge is 2.14. The summed E-state index contributed by atoms with van der Waals surface area (Å²) in [5.74, 6) is -0.576. The van der Waals surface area contributed by atoms with Gasteiger partial charge in [-0.3, -0.25) is 4.79 Å². The van der Waals surface area contributed by atoms with Crippen molar-refractivity contribution in [1.82, 2.24) is 5.32 Å². The molecule has 2 N–H and O–H groups in total. The lowest BCUT2D eigenvalue weighted by molar-refractivity contribution is -0.119. The summed E-state index contributed by atoms with van der Waals surface area (Å²) in [6.07, 6.45) is -0.806. The zero-order valence-electron chi connectivity index (χ0n) is 12.0.